The highest BCUT2D eigenvalue weighted by molar-refractivity contribution is 5.86. The lowest BCUT2D eigenvalue weighted by Gasteiger charge is -2.30. The Bertz CT molecular complexity index is 2080. The Morgan fingerprint density at radius 2 is 1.41 bits per heavy atom. The largest absolute Gasteiger partial charge is 0.453 e. The Morgan fingerprint density at radius 1 is 0.804 bits per heavy atom. The number of aromatic amines is 2. The van der Waals surface area contributed by atoms with Crippen LogP contribution in [0.15, 0.2) is 48.8 Å². The van der Waals surface area contributed by atoms with E-state index in [1.807, 2.05) is 36.0 Å². The zero-order valence-corrected chi connectivity index (χ0v) is 33.6. The number of carbonyl (C=O) groups is 3. The quantitative estimate of drug-likeness (QED) is 0.148. The first-order valence-electron chi connectivity index (χ1n) is 20.9. The summed E-state index contributed by atoms with van der Waals surface area (Å²) in [4.78, 5) is 59.6. The van der Waals surface area contributed by atoms with Gasteiger partial charge in [-0.1, -0.05) is 76.9 Å². The van der Waals surface area contributed by atoms with Crippen LogP contribution in [0.3, 0.4) is 0 Å². The number of H-pyrrole nitrogens is 2. The number of alkyl carbamates (subject to hydrolysis) is 1. The predicted octanol–water partition coefficient (Wildman–Crippen LogP) is 8.65. The fourth-order valence-electron chi connectivity index (χ4n) is 10.2. The molecule has 2 aliphatic carbocycles. The van der Waals surface area contributed by atoms with Crippen molar-refractivity contribution in [2.24, 2.45) is 11.8 Å². The lowest BCUT2D eigenvalue weighted by molar-refractivity contribution is -0.135. The van der Waals surface area contributed by atoms with E-state index in [0.717, 1.165) is 67.2 Å². The molecule has 3 fully saturated rings. The predicted molar refractivity (Wildman–Crippen MR) is 217 cm³/mol. The molecule has 11 heteroatoms. The van der Waals surface area contributed by atoms with Crippen molar-refractivity contribution in [2.45, 2.75) is 122 Å². The van der Waals surface area contributed by atoms with Gasteiger partial charge in [0, 0.05) is 25.1 Å². The number of amides is 3. The van der Waals surface area contributed by atoms with Gasteiger partial charge >= 0.3 is 6.09 Å². The molecule has 3 atom stereocenters. The fraction of sp³-hybridized carbons (Fsp3) is 0.533. The topological polar surface area (TPSA) is 136 Å². The summed E-state index contributed by atoms with van der Waals surface area (Å²) >= 11 is 0. The van der Waals surface area contributed by atoms with Crippen LogP contribution in [0.1, 0.15) is 127 Å². The van der Waals surface area contributed by atoms with Crippen LogP contribution in [0.25, 0.3) is 33.6 Å². The number of hydrogen-bond acceptors (Lipinski definition) is 6. The van der Waals surface area contributed by atoms with Crippen molar-refractivity contribution in [3.05, 3.63) is 71.6 Å². The maximum Gasteiger partial charge on any atom is 0.407 e. The van der Waals surface area contributed by atoms with E-state index in [9.17, 15) is 14.4 Å². The number of likely N-dealkylation sites (tertiary alicyclic amines) is 2. The molecule has 3 amide bonds. The third kappa shape index (κ3) is 7.02. The molecule has 2 aliphatic heterocycles. The molecule has 4 heterocycles. The van der Waals surface area contributed by atoms with Crippen molar-refractivity contribution >= 4 is 17.9 Å². The molecule has 56 heavy (non-hydrogen) atoms. The summed E-state index contributed by atoms with van der Waals surface area (Å²) in [5, 5.41) is 2.73. The first-order valence-corrected chi connectivity index (χ1v) is 20.9. The van der Waals surface area contributed by atoms with Gasteiger partial charge in [0.1, 0.15) is 17.7 Å². The molecule has 1 spiro atoms. The van der Waals surface area contributed by atoms with Crippen molar-refractivity contribution in [1.29, 1.82) is 0 Å². The number of methoxy groups -OCH3 is 1. The standard InChI is InChI=1S/C45H57N7O4/c1-27(2)24-38(53)51-22-8-10-36(51)41-47-26-35(49-41)32-17-16-31(39-33(32)18-21-45(39)19-6-7-20-45)29-12-14-30(15-13-29)34-25-46-42(48-34)37-11-9-23-52(37)43(54)40(28(3)4)50-44(55)56-5/h12-17,25-28,36-37,40H,6-11,18-24H2,1-5H3,(H,46,48)(H,47,49)(H,50,55)/t36-,37-,40-/m0/s1. The fourth-order valence-corrected chi connectivity index (χ4v) is 10.2. The molecule has 1 saturated carbocycles. The Hall–Kier alpha value is -4.93. The van der Waals surface area contributed by atoms with E-state index >= 15 is 0 Å². The van der Waals surface area contributed by atoms with Crippen LogP contribution < -0.4 is 5.32 Å². The number of ether oxygens (including phenoxy) is 1. The summed E-state index contributed by atoms with van der Waals surface area (Å²) in [6, 6.07) is 12.6. The highest BCUT2D eigenvalue weighted by atomic mass is 16.5. The summed E-state index contributed by atoms with van der Waals surface area (Å²) in [5.41, 5.74) is 9.94. The van der Waals surface area contributed by atoms with E-state index in [4.69, 9.17) is 14.7 Å². The summed E-state index contributed by atoms with van der Waals surface area (Å²) in [7, 11) is 1.31. The van der Waals surface area contributed by atoms with Gasteiger partial charge in [-0.25, -0.2) is 14.8 Å². The smallest absolute Gasteiger partial charge is 0.407 e. The Kier molecular flexibility index (Phi) is 10.5. The molecular formula is C45H57N7O4. The summed E-state index contributed by atoms with van der Waals surface area (Å²) in [6.45, 7) is 9.47. The van der Waals surface area contributed by atoms with Gasteiger partial charge in [-0.3, -0.25) is 9.59 Å². The van der Waals surface area contributed by atoms with Gasteiger partial charge in [0.25, 0.3) is 0 Å². The Morgan fingerprint density at radius 3 is 2.07 bits per heavy atom. The molecular weight excluding hydrogens is 703 g/mol. The summed E-state index contributed by atoms with van der Waals surface area (Å²) < 4.78 is 4.79. The number of nitrogens with zero attached hydrogens (tertiary/aromatic N) is 4. The van der Waals surface area contributed by atoms with Crippen molar-refractivity contribution in [3.63, 3.8) is 0 Å². The lowest BCUT2D eigenvalue weighted by atomic mass is 9.76. The average molecular weight is 760 g/mol. The average Bonchev–Trinajstić information content (AvgIpc) is 4.05. The molecule has 0 unspecified atom stereocenters. The van der Waals surface area contributed by atoms with Crippen LogP contribution in [0.2, 0.25) is 0 Å². The van der Waals surface area contributed by atoms with Crippen LogP contribution in [-0.4, -0.2) is 73.9 Å². The van der Waals surface area contributed by atoms with Gasteiger partial charge in [0.2, 0.25) is 11.8 Å². The van der Waals surface area contributed by atoms with Crippen LogP contribution in [0.5, 0.6) is 0 Å². The molecule has 0 radical (unpaired) electrons. The molecule has 2 saturated heterocycles. The number of hydrogen-bond donors (Lipinski definition) is 3. The van der Waals surface area contributed by atoms with Crippen molar-refractivity contribution < 1.29 is 19.1 Å². The Labute approximate surface area is 330 Å². The first kappa shape index (κ1) is 38.0. The molecule has 2 aromatic heterocycles. The molecule has 4 aliphatic rings. The van der Waals surface area contributed by atoms with E-state index < -0.39 is 12.1 Å². The molecule has 296 valence electrons. The molecule has 11 nitrogen and oxygen atoms in total. The number of imidazole rings is 2. The van der Waals surface area contributed by atoms with Gasteiger partial charge in [-0.15, -0.1) is 0 Å². The minimum absolute atomic E-state index is 0.0140. The molecule has 2 aromatic carbocycles. The highest BCUT2D eigenvalue weighted by Gasteiger charge is 2.44. The number of carbonyl (C=O) groups excluding carboxylic acids is 3. The van der Waals surface area contributed by atoms with Crippen LogP contribution in [0.4, 0.5) is 4.79 Å². The second-order valence-corrected chi connectivity index (χ2v) is 17.3. The van der Waals surface area contributed by atoms with E-state index in [1.165, 1.54) is 67.0 Å². The van der Waals surface area contributed by atoms with Gasteiger partial charge in [-0.2, -0.15) is 0 Å². The lowest BCUT2D eigenvalue weighted by Crippen LogP contribution is -2.51. The van der Waals surface area contributed by atoms with Crippen LogP contribution >= 0.6 is 0 Å². The maximum atomic E-state index is 13.7. The van der Waals surface area contributed by atoms with Crippen molar-refractivity contribution in [1.82, 2.24) is 35.1 Å². The van der Waals surface area contributed by atoms with Crippen molar-refractivity contribution in [3.8, 4) is 33.6 Å². The number of nitrogens with one attached hydrogen (secondary N) is 3. The van der Waals surface area contributed by atoms with Crippen molar-refractivity contribution in [2.75, 3.05) is 20.2 Å². The van der Waals surface area contributed by atoms with Crippen LogP contribution in [0, 0.1) is 11.8 Å². The van der Waals surface area contributed by atoms with Gasteiger partial charge < -0.3 is 29.8 Å². The summed E-state index contributed by atoms with van der Waals surface area (Å²) in [6.07, 6.45) is 14.7. The number of aromatic nitrogens is 4. The van der Waals surface area contributed by atoms with E-state index in [2.05, 4.69) is 65.5 Å². The number of benzene rings is 2. The minimum atomic E-state index is -0.671. The van der Waals surface area contributed by atoms with Gasteiger partial charge in [0.05, 0.1) is 43.0 Å². The third-order valence-electron chi connectivity index (χ3n) is 13.0. The van der Waals surface area contributed by atoms with Gasteiger partial charge in [-0.05, 0) is 96.4 Å². The van der Waals surface area contributed by atoms with E-state index in [-0.39, 0.29) is 35.2 Å². The second kappa shape index (κ2) is 15.5. The molecule has 0 bridgehead atoms. The maximum absolute atomic E-state index is 13.7. The van der Waals surface area contributed by atoms with Gasteiger partial charge in [0.15, 0.2) is 0 Å². The SMILES string of the molecule is COC(=O)N[C@H](C(=O)N1CCC[C@H]1c1ncc(-c2ccc(-c3ccc(-c4cnc([C@@H]5CCCN5C(=O)CC(C)C)[nH]4)c4c3C3(CCCC3)CC4)cc2)[nH]1)C(C)C. The number of rotatable bonds is 10. The Balaban J connectivity index is 1.05. The first-order chi connectivity index (χ1) is 27.1. The monoisotopic (exact) mass is 759 g/mol. The number of fused-ring (bicyclic) bond motifs is 2. The normalized spacial score (nSPS) is 20.7. The van der Waals surface area contributed by atoms with E-state index in [0.29, 0.717) is 18.9 Å². The van der Waals surface area contributed by atoms with E-state index in [1.54, 1.807) is 0 Å². The minimum Gasteiger partial charge on any atom is -0.453 e. The second-order valence-electron chi connectivity index (χ2n) is 17.3. The zero-order valence-electron chi connectivity index (χ0n) is 33.6. The summed E-state index contributed by atoms with van der Waals surface area (Å²) in [5.74, 6) is 2.03. The molecule has 3 N–H and O–H groups in total. The highest BCUT2D eigenvalue weighted by Crippen LogP contribution is 2.55. The van der Waals surface area contributed by atoms with Crippen LogP contribution in [-0.2, 0) is 26.2 Å². The molecule has 4 aromatic rings. The zero-order chi connectivity index (χ0) is 39.1. The third-order valence-corrected chi connectivity index (χ3v) is 13.0. The molecule has 8 rings (SSSR count).